The van der Waals surface area contributed by atoms with Gasteiger partial charge in [-0.2, -0.15) is 4.98 Å². The number of morpholine rings is 1. The van der Waals surface area contributed by atoms with Crippen molar-refractivity contribution in [3.05, 3.63) is 72.4 Å². The normalized spacial score (nSPS) is 13.4. The van der Waals surface area contributed by atoms with Crippen LogP contribution in [0.1, 0.15) is 19.4 Å². The summed E-state index contributed by atoms with van der Waals surface area (Å²) in [6, 6.07) is 17.5. The Morgan fingerprint density at radius 3 is 2.56 bits per heavy atom. The minimum atomic E-state index is -0.978. The summed E-state index contributed by atoms with van der Waals surface area (Å²) in [6.07, 6.45) is 4.51. The fourth-order valence-electron chi connectivity index (χ4n) is 3.28. The highest BCUT2D eigenvalue weighted by atomic mass is 16.5. The van der Waals surface area contributed by atoms with Crippen molar-refractivity contribution in [1.29, 1.82) is 0 Å². The number of aromatic nitrogens is 2. The fourth-order valence-corrected chi connectivity index (χ4v) is 3.28. The van der Waals surface area contributed by atoms with Crippen LogP contribution in [0.15, 0.2) is 66.9 Å². The van der Waals surface area contributed by atoms with Crippen molar-refractivity contribution in [3.63, 3.8) is 0 Å². The van der Waals surface area contributed by atoms with E-state index in [1.165, 1.54) is 0 Å². The van der Waals surface area contributed by atoms with E-state index in [0.29, 0.717) is 19.2 Å². The summed E-state index contributed by atoms with van der Waals surface area (Å²) < 4.78 is 5.50. The van der Waals surface area contributed by atoms with Crippen molar-refractivity contribution in [1.82, 2.24) is 9.97 Å². The number of para-hydroxylation sites is 1. The van der Waals surface area contributed by atoms with Crippen LogP contribution in [0.2, 0.25) is 0 Å². The number of carboxylic acids is 1. The van der Waals surface area contributed by atoms with Crippen molar-refractivity contribution in [2.45, 2.75) is 13.8 Å². The molecule has 1 aliphatic heterocycles. The monoisotopic (exact) mass is 432 g/mol. The van der Waals surface area contributed by atoms with E-state index in [9.17, 15) is 4.79 Å². The molecule has 1 aliphatic rings. The largest absolute Gasteiger partial charge is 0.478 e. The summed E-state index contributed by atoms with van der Waals surface area (Å²) in [5.41, 5.74) is 3.53. The zero-order valence-corrected chi connectivity index (χ0v) is 18.4. The topological polar surface area (TPSA) is 87.6 Å². The molecule has 0 amide bonds. The molecule has 0 spiro atoms. The van der Waals surface area contributed by atoms with E-state index in [1.807, 2.05) is 74.6 Å². The number of hydrogen-bond acceptors (Lipinski definition) is 6. The fraction of sp³-hybridized carbons (Fsp3) is 0.240. The standard InChI is InChI=1S/C23H22N4O3.C2H6/c28-21(29)10-9-17-5-4-6-18(15-17)20-16-24-23(25-19-7-2-1-3-8-19)26-22(20)27-11-13-30-14-12-27;1-2/h1-10,15-16H,11-14H2,(H,28,29)(H,24,25,26);1-2H3/b10-9+;. The summed E-state index contributed by atoms with van der Waals surface area (Å²) in [5.74, 6) is 0.369. The number of rotatable bonds is 6. The number of ether oxygens (including phenoxy) is 1. The first-order valence-corrected chi connectivity index (χ1v) is 10.7. The van der Waals surface area contributed by atoms with Crippen LogP contribution in [0.4, 0.5) is 17.5 Å². The Hall–Kier alpha value is -3.71. The van der Waals surface area contributed by atoms with Gasteiger partial charge >= 0.3 is 5.97 Å². The van der Waals surface area contributed by atoms with Crippen LogP contribution in [0.3, 0.4) is 0 Å². The maximum absolute atomic E-state index is 10.8. The van der Waals surface area contributed by atoms with Gasteiger partial charge in [-0.25, -0.2) is 9.78 Å². The number of hydrogen-bond donors (Lipinski definition) is 2. The van der Waals surface area contributed by atoms with E-state index in [4.69, 9.17) is 14.8 Å². The molecule has 2 heterocycles. The van der Waals surface area contributed by atoms with Gasteiger partial charge in [-0.3, -0.25) is 0 Å². The molecule has 0 aliphatic carbocycles. The second-order valence-electron chi connectivity index (χ2n) is 6.82. The maximum atomic E-state index is 10.8. The van der Waals surface area contributed by atoms with Gasteiger partial charge in [0.2, 0.25) is 5.95 Å². The van der Waals surface area contributed by atoms with E-state index in [-0.39, 0.29) is 0 Å². The molecule has 1 saturated heterocycles. The van der Waals surface area contributed by atoms with Gasteiger partial charge in [0.1, 0.15) is 5.82 Å². The Bertz CT molecular complexity index is 1050. The van der Waals surface area contributed by atoms with Crippen molar-refractivity contribution in [2.75, 3.05) is 36.5 Å². The van der Waals surface area contributed by atoms with Gasteiger partial charge in [0, 0.05) is 36.6 Å². The lowest BCUT2D eigenvalue weighted by Crippen LogP contribution is -2.37. The molecular weight excluding hydrogens is 404 g/mol. The number of nitrogens with zero attached hydrogens (tertiary/aromatic N) is 3. The first-order valence-electron chi connectivity index (χ1n) is 10.7. The van der Waals surface area contributed by atoms with E-state index in [0.717, 1.165) is 47.4 Å². The highest BCUT2D eigenvalue weighted by Crippen LogP contribution is 2.31. The summed E-state index contributed by atoms with van der Waals surface area (Å²) in [7, 11) is 0. The SMILES string of the molecule is CC.O=C(O)/C=C/c1cccc(-c2cnc(Nc3ccccc3)nc2N2CCOCC2)c1. The molecule has 4 rings (SSSR count). The Balaban J connectivity index is 0.00000141. The third-order valence-corrected chi connectivity index (χ3v) is 4.73. The zero-order valence-electron chi connectivity index (χ0n) is 18.4. The van der Waals surface area contributed by atoms with Gasteiger partial charge < -0.3 is 20.1 Å². The van der Waals surface area contributed by atoms with Crippen LogP contribution in [-0.4, -0.2) is 47.3 Å². The molecule has 2 aromatic carbocycles. The van der Waals surface area contributed by atoms with Crippen molar-refractivity contribution >= 4 is 29.5 Å². The lowest BCUT2D eigenvalue weighted by atomic mass is 10.0. The average Bonchev–Trinajstić information content (AvgIpc) is 2.85. The van der Waals surface area contributed by atoms with Crippen LogP contribution in [0.25, 0.3) is 17.2 Å². The van der Waals surface area contributed by atoms with Crippen molar-refractivity contribution in [3.8, 4) is 11.1 Å². The average molecular weight is 433 g/mol. The Kier molecular flexibility index (Phi) is 8.34. The second kappa shape index (κ2) is 11.6. The summed E-state index contributed by atoms with van der Waals surface area (Å²) >= 11 is 0. The third-order valence-electron chi connectivity index (χ3n) is 4.73. The first kappa shape index (κ1) is 23.0. The highest BCUT2D eigenvalue weighted by molar-refractivity contribution is 5.86. The molecule has 0 saturated carbocycles. The molecule has 32 heavy (non-hydrogen) atoms. The van der Waals surface area contributed by atoms with Crippen molar-refractivity contribution < 1.29 is 14.6 Å². The molecule has 0 unspecified atom stereocenters. The summed E-state index contributed by atoms with van der Waals surface area (Å²) in [5, 5.41) is 12.1. The number of anilines is 3. The summed E-state index contributed by atoms with van der Waals surface area (Å²) in [6.45, 7) is 6.78. The number of nitrogens with one attached hydrogen (secondary N) is 1. The van der Waals surface area contributed by atoms with Crippen LogP contribution < -0.4 is 10.2 Å². The van der Waals surface area contributed by atoms with Gasteiger partial charge in [-0.05, 0) is 35.4 Å². The van der Waals surface area contributed by atoms with E-state index in [1.54, 1.807) is 6.08 Å². The molecule has 0 bridgehead atoms. The van der Waals surface area contributed by atoms with Gasteiger partial charge in [0.25, 0.3) is 0 Å². The lowest BCUT2D eigenvalue weighted by molar-refractivity contribution is -0.131. The molecule has 1 aromatic heterocycles. The minimum Gasteiger partial charge on any atom is -0.478 e. The maximum Gasteiger partial charge on any atom is 0.328 e. The van der Waals surface area contributed by atoms with Crippen LogP contribution >= 0.6 is 0 Å². The Morgan fingerprint density at radius 1 is 1.09 bits per heavy atom. The van der Waals surface area contributed by atoms with E-state index < -0.39 is 5.97 Å². The molecule has 7 nitrogen and oxygen atoms in total. The molecule has 2 N–H and O–H groups in total. The van der Waals surface area contributed by atoms with E-state index >= 15 is 0 Å². The molecule has 166 valence electrons. The lowest BCUT2D eigenvalue weighted by Gasteiger charge is -2.29. The van der Waals surface area contributed by atoms with Crippen LogP contribution in [0.5, 0.6) is 0 Å². The number of carbonyl (C=O) groups is 1. The minimum absolute atomic E-state index is 0.522. The summed E-state index contributed by atoms with van der Waals surface area (Å²) in [4.78, 5) is 22.4. The first-order chi connectivity index (χ1) is 15.7. The van der Waals surface area contributed by atoms with Crippen LogP contribution in [0, 0.1) is 0 Å². The van der Waals surface area contributed by atoms with Gasteiger partial charge in [0.15, 0.2) is 0 Å². The number of aliphatic carboxylic acids is 1. The number of benzene rings is 2. The second-order valence-corrected chi connectivity index (χ2v) is 6.82. The van der Waals surface area contributed by atoms with Crippen molar-refractivity contribution in [2.24, 2.45) is 0 Å². The molecule has 3 aromatic rings. The molecule has 0 atom stereocenters. The molecule has 1 fully saturated rings. The van der Waals surface area contributed by atoms with Gasteiger partial charge in [-0.15, -0.1) is 0 Å². The molecule has 7 heteroatoms. The van der Waals surface area contributed by atoms with E-state index in [2.05, 4.69) is 15.2 Å². The Morgan fingerprint density at radius 2 is 1.84 bits per heavy atom. The number of carboxylic acid groups (broad SMARTS) is 1. The Labute approximate surface area is 188 Å². The van der Waals surface area contributed by atoms with Crippen LogP contribution in [-0.2, 0) is 9.53 Å². The molecular formula is C25H28N4O3. The zero-order chi connectivity index (χ0) is 22.8. The van der Waals surface area contributed by atoms with Gasteiger partial charge in [0.05, 0.1) is 13.2 Å². The molecule has 0 radical (unpaired) electrons. The third kappa shape index (κ3) is 6.15. The van der Waals surface area contributed by atoms with Gasteiger partial charge in [-0.1, -0.05) is 50.2 Å². The highest BCUT2D eigenvalue weighted by Gasteiger charge is 2.19. The quantitative estimate of drug-likeness (QED) is 0.539. The smallest absolute Gasteiger partial charge is 0.328 e. The predicted octanol–water partition coefficient (Wildman–Crippen LogP) is 4.85. The predicted molar refractivity (Wildman–Crippen MR) is 128 cm³/mol.